The Kier molecular flexibility index (Phi) is 5.63. The molecule has 0 aliphatic carbocycles. The van der Waals surface area contributed by atoms with Crippen molar-refractivity contribution in [2.75, 3.05) is 13.2 Å². The van der Waals surface area contributed by atoms with E-state index in [1.165, 1.54) is 11.8 Å². The monoisotopic (exact) mass is 313 g/mol. The van der Waals surface area contributed by atoms with Gasteiger partial charge in [-0.3, -0.25) is 0 Å². The van der Waals surface area contributed by atoms with Crippen LogP contribution < -0.4 is 9.47 Å². The summed E-state index contributed by atoms with van der Waals surface area (Å²) in [5, 5.41) is 11.6. The average molecular weight is 313 g/mol. The van der Waals surface area contributed by atoms with Gasteiger partial charge in [0.25, 0.3) is 0 Å². The van der Waals surface area contributed by atoms with Crippen molar-refractivity contribution in [2.45, 2.75) is 26.2 Å². The smallest absolute Gasteiger partial charge is 0.123 e. The zero-order chi connectivity index (χ0) is 16.7. The maximum Gasteiger partial charge on any atom is 0.123 e. The second kappa shape index (κ2) is 7.68. The van der Waals surface area contributed by atoms with Crippen LogP contribution in [0.15, 0.2) is 53.7 Å². The van der Waals surface area contributed by atoms with Crippen LogP contribution in [0, 0.1) is 0 Å². The number of oxime groups is 1. The lowest BCUT2D eigenvalue weighted by Crippen LogP contribution is -2.15. The molecule has 0 saturated heterocycles. The highest BCUT2D eigenvalue weighted by molar-refractivity contribution is 5.79. The predicted octanol–water partition coefficient (Wildman–Crippen LogP) is 4.25. The molecule has 2 rings (SSSR count). The van der Waals surface area contributed by atoms with Gasteiger partial charge in [0, 0.05) is 0 Å². The lowest BCUT2D eigenvalue weighted by atomic mass is 9.86. The van der Waals surface area contributed by atoms with E-state index < -0.39 is 0 Å². The van der Waals surface area contributed by atoms with E-state index in [0.717, 1.165) is 17.1 Å². The Labute approximate surface area is 137 Å². The molecule has 2 aromatic rings. The van der Waals surface area contributed by atoms with Crippen LogP contribution in [0.5, 0.6) is 11.5 Å². The molecule has 0 atom stereocenters. The van der Waals surface area contributed by atoms with E-state index in [1.54, 1.807) is 0 Å². The lowest BCUT2D eigenvalue weighted by Gasteiger charge is -2.22. The van der Waals surface area contributed by atoms with Crippen molar-refractivity contribution in [2.24, 2.45) is 5.16 Å². The molecular formula is C19H23NO3. The van der Waals surface area contributed by atoms with Gasteiger partial charge in [0.15, 0.2) is 0 Å². The third kappa shape index (κ3) is 5.02. The topological polar surface area (TPSA) is 51.0 Å². The predicted molar refractivity (Wildman–Crippen MR) is 92.0 cm³/mol. The zero-order valence-electron chi connectivity index (χ0n) is 13.8. The fourth-order valence-electron chi connectivity index (χ4n) is 2.27. The highest BCUT2D eigenvalue weighted by Crippen LogP contribution is 2.30. The van der Waals surface area contributed by atoms with Gasteiger partial charge < -0.3 is 14.7 Å². The van der Waals surface area contributed by atoms with Crippen LogP contribution in [0.25, 0.3) is 0 Å². The molecule has 0 saturated carbocycles. The van der Waals surface area contributed by atoms with Gasteiger partial charge in [-0.2, -0.15) is 0 Å². The van der Waals surface area contributed by atoms with Gasteiger partial charge >= 0.3 is 0 Å². The second-order valence-electron chi connectivity index (χ2n) is 6.26. The van der Waals surface area contributed by atoms with Gasteiger partial charge in [-0.05, 0) is 34.7 Å². The normalized spacial score (nSPS) is 11.6. The van der Waals surface area contributed by atoms with Crippen molar-refractivity contribution in [1.29, 1.82) is 0 Å². The fraction of sp³-hybridized carbons (Fsp3) is 0.316. The minimum Gasteiger partial charge on any atom is -0.490 e. The summed E-state index contributed by atoms with van der Waals surface area (Å²) in [6.45, 7) is 7.41. The van der Waals surface area contributed by atoms with Crippen LogP contribution in [0.1, 0.15) is 31.9 Å². The molecule has 0 heterocycles. The van der Waals surface area contributed by atoms with Gasteiger partial charge in [0.2, 0.25) is 0 Å². The van der Waals surface area contributed by atoms with Gasteiger partial charge in [-0.1, -0.05) is 56.3 Å². The molecule has 2 aromatic carbocycles. The number of hydrogen-bond acceptors (Lipinski definition) is 4. The molecule has 0 radical (unpaired) electrons. The molecule has 23 heavy (non-hydrogen) atoms. The van der Waals surface area contributed by atoms with Crippen LogP contribution in [0.3, 0.4) is 0 Å². The van der Waals surface area contributed by atoms with Gasteiger partial charge in [0.1, 0.15) is 24.7 Å². The van der Waals surface area contributed by atoms with Crippen molar-refractivity contribution in [3.05, 3.63) is 59.7 Å². The minimum absolute atomic E-state index is 0.0371. The standard InChI is InChI=1S/C19H23NO3/c1-19(2,3)17-9-4-5-10-18(17)23-12-11-22-16-8-6-7-15(13-16)14-20-21/h4-10,13-14,21H,11-12H2,1-3H3. The Balaban J connectivity index is 1.90. The van der Waals surface area contributed by atoms with E-state index in [2.05, 4.69) is 32.0 Å². The van der Waals surface area contributed by atoms with Crippen molar-refractivity contribution < 1.29 is 14.7 Å². The third-order valence-electron chi connectivity index (χ3n) is 3.37. The summed E-state index contributed by atoms with van der Waals surface area (Å²) in [5.41, 5.74) is 2.00. The zero-order valence-corrected chi connectivity index (χ0v) is 13.8. The van der Waals surface area contributed by atoms with E-state index in [0.29, 0.717) is 13.2 Å². The van der Waals surface area contributed by atoms with E-state index in [-0.39, 0.29) is 5.41 Å². The summed E-state index contributed by atoms with van der Waals surface area (Å²) in [7, 11) is 0. The fourth-order valence-corrected chi connectivity index (χ4v) is 2.27. The van der Waals surface area contributed by atoms with Crippen molar-refractivity contribution >= 4 is 6.21 Å². The van der Waals surface area contributed by atoms with Gasteiger partial charge in [-0.25, -0.2) is 0 Å². The van der Waals surface area contributed by atoms with Crippen LogP contribution in [-0.2, 0) is 5.41 Å². The first-order valence-corrected chi connectivity index (χ1v) is 7.63. The molecule has 1 N–H and O–H groups in total. The highest BCUT2D eigenvalue weighted by atomic mass is 16.5. The van der Waals surface area contributed by atoms with E-state index in [1.807, 2.05) is 42.5 Å². The number of para-hydroxylation sites is 1. The Morgan fingerprint density at radius 3 is 2.48 bits per heavy atom. The summed E-state index contributed by atoms with van der Waals surface area (Å²) < 4.78 is 11.5. The molecule has 0 fully saturated rings. The van der Waals surface area contributed by atoms with Crippen molar-refractivity contribution in [3.8, 4) is 11.5 Å². The molecule has 0 unspecified atom stereocenters. The highest BCUT2D eigenvalue weighted by Gasteiger charge is 2.18. The number of benzene rings is 2. The number of ether oxygens (including phenoxy) is 2. The number of nitrogens with zero attached hydrogens (tertiary/aromatic N) is 1. The first-order chi connectivity index (χ1) is 11.0. The van der Waals surface area contributed by atoms with Crippen LogP contribution in [-0.4, -0.2) is 24.6 Å². The number of hydrogen-bond donors (Lipinski definition) is 1. The number of rotatable bonds is 6. The first-order valence-electron chi connectivity index (χ1n) is 7.63. The molecule has 4 nitrogen and oxygen atoms in total. The molecule has 4 heteroatoms. The molecule has 0 aliphatic heterocycles. The summed E-state index contributed by atoms with van der Waals surface area (Å²) in [4.78, 5) is 0. The molecule has 0 aromatic heterocycles. The summed E-state index contributed by atoms with van der Waals surface area (Å²) in [5.74, 6) is 1.61. The quantitative estimate of drug-likeness (QED) is 0.375. The van der Waals surface area contributed by atoms with Crippen LogP contribution >= 0.6 is 0 Å². The Hall–Kier alpha value is -2.49. The molecule has 0 spiro atoms. The Bertz CT molecular complexity index is 660. The van der Waals surface area contributed by atoms with E-state index >= 15 is 0 Å². The van der Waals surface area contributed by atoms with E-state index in [4.69, 9.17) is 14.7 Å². The third-order valence-corrected chi connectivity index (χ3v) is 3.37. The lowest BCUT2D eigenvalue weighted by molar-refractivity contribution is 0.214. The maximum absolute atomic E-state index is 8.55. The molecule has 0 aliphatic rings. The van der Waals surface area contributed by atoms with E-state index in [9.17, 15) is 0 Å². The maximum atomic E-state index is 8.55. The first kappa shape index (κ1) is 16.9. The average Bonchev–Trinajstić information content (AvgIpc) is 2.52. The van der Waals surface area contributed by atoms with Crippen LogP contribution in [0.4, 0.5) is 0 Å². The molecular weight excluding hydrogens is 290 g/mol. The molecule has 0 bridgehead atoms. The molecule has 0 amide bonds. The summed E-state index contributed by atoms with van der Waals surface area (Å²) in [6, 6.07) is 15.4. The Morgan fingerprint density at radius 2 is 1.74 bits per heavy atom. The summed E-state index contributed by atoms with van der Waals surface area (Å²) >= 11 is 0. The Morgan fingerprint density at radius 1 is 1.00 bits per heavy atom. The SMILES string of the molecule is CC(C)(C)c1ccccc1OCCOc1cccc(C=NO)c1. The van der Waals surface area contributed by atoms with Gasteiger partial charge in [0.05, 0.1) is 6.21 Å². The summed E-state index contributed by atoms with van der Waals surface area (Å²) in [6.07, 6.45) is 1.36. The van der Waals surface area contributed by atoms with Crippen molar-refractivity contribution in [1.82, 2.24) is 0 Å². The van der Waals surface area contributed by atoms with Crippen molar-refractivity contribution in [3.63, 3.8) is 0 Å². The second-order valence-corrected chi connectivity index (χ2v) is 6.26. The van der Waals surface area contributed by atoms with Crippen LogP contribution in [0.2, 0.25) is 0 Å². The van der Waals surface area contributed by atoms with Gasteiger partial charge in [-0.15, -0.1) is 0 Å². The minimum atomic E-state index is 0.0371. The largest absolute Gasteiger partial charge is 0.490 e. The molecule has 122 valence electrons.